The van der Waals surface area contributed by atoms with Crippen LogP contribution in [0.3, 0.4) is 0 Å². The Morgan fingerprint density at radius 2 is 2.05 bits per heavy atom. The first kappa shape index (κ1) is 17.4. The quantitative estimate of drug-likeness (QED) is 0.685. The summed E-state index contributed by atoms with van der Waals surface area (Å²) in [6.45, 7) is 3.88. The smallest absolute Gasteiger partial charge is 0.251 e. The van der Waals surface area contributed by atoms with Crippen molar-refractivity contribution in [3.63, 3.8) is 0 Å². The topological polar surface area (TPSA) is 57.3 Å². The van der Waals surface area contributed by atoms with Crippen LogP contribution in [0.1, 0.15) is 42.2 Å². The maximum atomic E-state index is 12.2. The molecule has 0 aliphatic rings. The highest BCUT2D eigenvalue weighted by molar-refractivity contribution is 5.95. The Balaban J connectivity index is 2.54. The van der Waals surface area contributed by atoms with Gasteiger partial charge in [0, 0.05) is 24.8 Å². The van der Waals surface area contributed by atoms with Crippen molar-refractivity contribution in [2.24, 2.45) is 0 Å². The number of amides is 1. The molecular formula is C16H28N4O. The first-order valence-corrected chi connectivity index (χ1v) is 7.68. The first-order valence-electron chi connectivity index (χ1n) is 7.68. The largest absolute Gasteiger partial charge is 0.373 e. The molecule has 21 heavy (non-hydrogen) atoms. The molecule has 1 amide bonds. The van der Waals surface area contributed by atoms with Crippen LogP contribution in [0.2, 0.25) is 0 Å². The SMILES string of the molecule is CCCc1cc(C(=O)NCCCCN(C)C)cc(NC)n1. The molecule has 5 nitrogen and oxygen atoms in total. The number of carbonyl (C=O) groups is 1. The molecule has 0 saturated carbocycles. The molecule has 0 saturated heterocycles. The molecular weight excluding hydrogens is 264 g/mol. The molecule has 1 rings (SSSR count). The van der Waals surface area contributed by atoms with E-state index in [1.807, 2.05) is 13.1 Å². The molecule has 2 N–H and O–H groups in total. The van der Waals surface area contributed by atoms with E-state index in [4.69, 9.17) is 0 Å². The van der Waals surface area contributed by atoms with Gasteiger partial charge in [0.05, 0.1) is 0 Å². The lowest BCUT2D eigenvalue weighted by Crippen LogP contribution is -2.25. The van der Waals surface area contributed by atoms with Crippen molar-refractivity contribution in [2.75, 3.05) is 39.5 Å². The van der Waals surface area contributed by atoms with Gasteiger partial charge < -0.3 is 15.5 Å². The van der Waals surface area contributed by atoms with Crippen LogP contribution in [-0.2, 0) is 6.42 Å². The number of unbranched alkanes of at least 4 members (excludes halogenated alkanes) is 1. The molecule has 0 atom stereocenters. The fourth-order valence-corrected chi connectivity index (χ4v) is 2.09. The molecule has 0 fully saturated rings. The van der Waals surface area contributed by atoms with Crippen LogP contribution in [0.4, 0.5) is 5.82 Å². The van der Waals surface area contributed by atoms with Gasteiger partial charge in [-0.2, -0.15) is 0 Å². The Hall–Kier alpha value is -1.62. The lowest BCUT2D eigenvalue weighted by atomic mass is 10.1. The third-order valence-electron chi connectivity index (χ3n) is 3.22. The second-order valence-electron chi connectivity index (χ2n) is 5.50. The average Bonchev–Trinajstić information content (AvgIpc) is 2.46. The van der Waals surface area contributed by atoms with E-state index in [-0.39, 0.29) is 5.91 Å². The van der Waals surface area contributed by atoms with Crippen molar-refractivity contribution in [2.45, 2.75) is 32.6 Å². The number of hydrogen-bond acceptors (Lipinski definition) is 4. The number of nitrogens with zero attached hydrogens (tertiary/aromatic N) is 2. The van der Waals surface area contributed by atoms with Crippen molar-refractivity contribution in [1.82, 2.24) is 15.2 Å². The molecule has 118 valence electrons. The third-order valence-corrected chi connectivity index (χ3v) is 3.22. The monoisotopic (exact) mass is 292 g/mol. The van der Waals surface area contributed by atoms with E-state index in [0.717, 1.165) is 43.7 Å². The molecule has 1 aromatic rings. The molecule has 0 radical (unpaired) electrons. The molecule has 1 aromatic heterocycles. The zero-order valence-corrected chi connectivity index (χ0v) is 13.7. The van der Waals surface area contributed by atoms with Gasteiger partial charge in [0.2, 0.25) is 0 Å². The summed E-state index contributed by atoms with van der Waals surface area (Å²) in [4.78, 5) is 18.8. The van der Waals surface area contributed by atoms with E-state index in [9.17, 15) is 4.79 Å². The number of aryl methyl sites for hydroxylation is 1. The number of hydrogen-bond donors (Lipinski definition) is 2. The molecule has 0 spiro atoms. The number of carbonyl (C=O) groups excluding carboxylic acids is 1. The highest BCUT2D eigenvalue weighted by Gasteiger charge is 2.09. The summed E-state index contributed by atoms with van der Waals surface area (Å²) in [5, 5.41) is 5.99. The number of pyridine rings is 1. The lowest BCUT2D eigenvalue weighted by Gasteiger charge is -2.11. The van der Waals surface area contributed by atoms with Gasteiger partial charge in [0.1, 0.15) is 5.82 Å². The third kappa shape index (κ3) is 6.58. The van der Waals surface area contributed by atoms with Crippen molar-refractivity contribution in [3.8, 4) is 0 Å². The van der Waals surface area contributed by atoms with Crippen molar-refractivity contribution < 1.29 is 4.79 Å². The number of anilines is 1. The summed E-state index contributed by atoms with van der Waals surface area (Å²) in [5.41, 5.74) is 1.65. The average molecular weight is 292 g/mol. The first-order chi connectivity index (χ1) is 10.1. The van der Waals surface area contributed by atoms with E-state index in [1.54, 1.807) is 6.07 Å². The van der Waals surface area contributed by atoms with Gasteiger partial charge in [-0.1, -0.05) is 13.3 Å². The van der Waals surface area contributed by atoms with E-state index in [0.29, 0.717) is 12.1 Å². The van der Waals surface area contributed by atoms with Gasteiger partial charge >= 0.3 is 0 Å². The summed E-state index contributed by atoms with van der Waals surface area (Å²) in [6.07, 6.45) is 3.99. The zero-order chi connectivity index (χ0) is 15.7. The second-order valence-corrected chi connectivity index (χ2v) is 5.50. The number of nitrogens with one attached hydrogen (secondary N) is 2. The Morgan fingerprint density at radius 1 is 1.29 bits per heavy atom. The molecule has 0 bridgehead atoms. The molecule has 1 heterocycles. The Morgan fingerprint density at radius 3 is 2.67 bits per heavy atom. The maximum absolute atomic E-state index is 12.2. The van der Waals surface area contributed by atoms with Crippen LogP contribution >= 0.6 is 0 Å². The lowest BCUT2D eigenvalue weighted by molar-refractivity contribution is 0.0952. The Bertz CT molecular complexity index is 446. The fourth-order valence-electron chi connectivity index (χ4n) is 2.09. The molecule has 0 unspecified atom stereocenters. The van der Waals surface area contributed by atoms with Gasteiger partial charge in [-0.3, -0.25) is 4.79 Å². The number of rotatable bonds is 9. The predicted octanol–water partition coefficient (Wildman–Crippen LogP) is 2.15. The minimum Gasteiger partial charge on any atom is -0.373 e. The fraction of sp³-hybridized carbons (Fsp3) is 0.625. The number of aromatic nitrogens is 1. The summed E-state index contributed by atoms with van der Waals surface area (Å²) >= 11 is 0. The van der Waals surface area contributed by atoms with E-state index in [2.05, 4.69) is 41.5 Å². The standard InChI is InChI=1S/C16H28N4O/c1-5-8-14-11-13(12-15(17-2)19-14)16(21)18-9-6-7-10-20(3)4/h11-12H,5-10H2,1-4H3,(H,17,19)(H,18,21). The molecule has 0 aliphatic carbocycles. The summed E-state index contributed by atoms with van der Waals surface area (Å²) < 4.78 is 0. The van der Waals surface area contributed by atoms with Gasteiger partial charge in [-0.25, -0.2) is 4.98 Å². The van der Waals surface area contributed by atoms with Crippen molar-refractivity contribution >= 4 is 11.7 Å². The van der Waals surface area contributed by atoms with E-state index in [1.165, 1.54) is 0 Å². The van der Waals surface area contributed by atoms with Crippen molar-refractivity contribution in [3.05, 3.63) is 23.4 Å². The predicted molar refractivity (Wildman–Crippen MR) is 87.9 cm³/mol. The van der Waals surface area contributed by atoms with E-state index >= 15 is 0 Å². The summed E-state index contributed by atoms with van der Waals surface area (Å²) in [6, 6.07) is 3.69. The minimum atomic E-state index is -0.0175. The van der Waals surface area contributed by atoms with Crippen LogP contribution in [0.25, 0.3) is 0 Å². The molecule has 5 heteroatoms. The van der Waals surface area contributed by atoms with Gasteiger partial charge in [-0.05, 0) is 52.0 Å². The summed E-state index contributed by atoms with van der Waals surface area (Å²) in [7, 11) is 5.94. The second kappa shape index (κ2) is 9.34. The minimum absolute atomic E-state index is 0.0175. The van der Waals surface area contributed by atoms with Crippen LogP contribution < -0.4 is 10.6 Å². The maximum Gasteiger partial charge on any atom is 0.251 e. The van der Waals surface area contributed by atoms with Crippen molar-refractivity contribution in [1.29, 1.82) is 0 Å². The van der Waals surface area contributed by atoms with Crippen LogP contribution in [0, 0.1) is 0 Å². The highest BCUT2D eigenvalue weighted by atomic mass is 16.1. The van der Waals surface area contributed by atoms with E-state index < -0.39 is 0 Å². The zero-order valence-electron chi connectivity index (χ0n) is 13.7. The Kier molecular flexibility index (Phi) is 7.75. The molecule has 0 aliphatic heterocycles. The normalized spacial score (nSPS) is 10.7. The van der Waals surface area contributed by atoms with Gasteiger partial charge in [-0.15, -0.1) is 0 Å². The van der Waals surface area contributed by atoms with Gasteiger partial charge in [0.15, 0.2) is 0 Å². The highest BCUT2D eigenvalue weighted by Crippen LogP contribution is 2.11. The summed E-state index contributed by atoms with van der Waals surface area (Å²) in [5.74, 6) is 0.731. The van der Waals surface area contributed by atoms with Crippen LogP contribution in [0.15, 0.2) is 12.1 Å². The van der Waals surface area contributed by atoms with Crippen LogP contribution in [0.5, 0.6) is 0 Å². The van der Waals surface area contributed by atoms with Crippen LogP contribution in [-0.4, -0.2) is 50.0 Å². The Labute approximate surface area is 128 Å². The molecule has 0 aromatic carbocycles. The van der Waals surface area contributed by atoms with Gasteiger partial charge in [0.25, 0.3) is 5.91 Å².